The van der Waals surface area contributed by atoms with Crippen molar-refractivity contribution >= 4 is 33.3 Å². The molecule has 0 amide bonds. The van der Waals surface area contributed by atoms with Crippen LogP contribution in [0.25, 0.3) is 11.6 Å². The smallest absolute Gasteiger partial charge is 0.270 e. The Hall–Kier alpha value is -3.43. The first-order valence-electron chi connectivity index (χ1n) is 8.81. The highest BCUT2D eigenvalue weighted by atomic mass is 79.9. The van der Waals surface area contributed by atoms with Crippen LogP contribution in [0.15, 0.2) is 71.2 Å². The Morgan fingerprint density at radius 2 is 1.93 bits per heavy atom. The van der Waals surface area contributed by atoms with Gasteiger partial charge in [0.25, 0.3) is 5.69 Å². The van der Waals surface area contributed by atoms with Gasteiger partial charge >= 0.3 is 0 Å². The van der Waals surface area contributed by atoms with Crippen molar-refractivity contribution < 1.29 is 9.66 Å². The van der Waals surface area contributed by atoms with Crippen molar-refractivity contribution in [3.8, 4) is 11.8 Å². The van der Waals surface area contributed by atoms with Crippen molar-refractivity contribution in [1.82, 2.24) is 0 Å². The molecule has 0 bridgehead atoms. The number of rotatable bonds is 6. The first kappa shape index (κ1) is 20.3. The Kier molecular flexibility index (Phi) is 6.43. The molecule has 0 unspecified atom stereocenters. The van der Waals surface area contributed by atoms with Gasteiger partial charge in [-0.25, -0.2) is 0 Å². The number of non-ortho nitro benzene ring substituents is 1. The molecule has 0 aliphatic heterocycles. The first-order chi connectivity index (χ1) is 14.0. The molecule has 0 atom stereocenters. The highest BCUT2D eigenvalue weighted by Crippen LogP contribution is 2.29. The van der Waals surface area contributed by atoms with Crippen molar-refractivity contribution in [3.05, 3.63) is 104 Å². The maximum absolute atomic E-state index is 11.0. The Balaban J connectivity index is 1.79. The van der Waals surface area contributed by atoms with Crippen LogP contribution in [0.3, 0.4) is 0 Å². The van der Waals surface area contributed by atoms with E-state index >= 15 is 0 Å². The van der Waals surface area contributed by atoms with Crippen LogP contribution in [0, 0.1) is 28.4 Å². The topological polar surface area (TPSA) is 76.2 Å². The third-order valence-electron chi connectivity index (χ3n) is 4.27. The zero-order chi connectivity index (χ0) is 20.8. The van der Waals surface area contributed by atoms with Crippen molar-refractivity contribution in [2.24, 2.45) is 0 Å². The van der Waals surface area contributed by atoms with Gasteiger partial charge in [0.15, 0.2) is 0 Å². The second kappa shape index (κ2) is 9.18. The molecule has 6 heteroatoms. The van der Waals surface area contributed by atoms with Crippen molar-refractivity contribution in [3.63, 3.8) is 0 Å². The van der Waals surface area contributed by atoms with E-state index in [9.17, 15) is 15.4 Å². The quantitative estimate of drug-likeness (QED) is 0.191. The van der Waals surface area contributed by atoms with Gasteiger partial charge in [-0.2, -0.15) is 5.26 Å². The molecule has 0 saturated carbocycles. The van der Waals surface area contributed by atoms with Gasteiger partial charge in [-0.05, 0) is 57.8 Å². The molecule has 3 aromatic rings. The summed E-state index contributed by atoms with van der Waals surface area (Å²) in [5.74, 6) is 0.691. The molecular weight excluding hydrogens is 432 g/mol. The number of benzene rings is 3. The number of nitro groups is 1. The highest BCUT2D eigenvalue weighted by Gasteiger charge is 2.10. The van der Waals surface area contributed by atoms with Crippen molar-refractivity contribution in [2.45, 2.75) is 13.5 Å². The van der Waals surface area contributed by atoms with Gasteiger partial charge in [0.1, 0.15) is 12.4 Å². The zero-order valence-electron chi connectivity index (χ0n) is 15.6. The van der Waals surface area contributed by atoms with E-state index in [0.717, 1.165) is 15.6 Å². The molecule has 0 fully saturated rings. The lowest BCUT2D eigenvalue weighted by Gasteiger charge is -2.09. The normalized spacial score (nSPS) is 11.0. The van der Waals surface area contributed by atoms with Gasteiger partial charge in [-0.3, -0.25) is 10.1 Å². The number of halogens is 1. The third-order valence-corrected chi connectivity index (χ3v) is 4.89. The molecular formula is C23H17BrN2O3. The molecule has 3 rings (SSSR count). The molecule has 0 aromatic heterocycles. The number of nitro benzene ring substituents is 1. The summed E-state index contributed by atoms with van der Waals surface area (Å²) in [4.78, 5) is 10.5. The molecule has 0 aliphatic rings. The van der Waals surface area contributed by atoms with Crippen LogP contribution in [0.1, 0.15) is 22.3 Å². The average Bonchev–Trinajstić information content (AvgIpc) is 2.72. The van der Waals surface area contributed by atoms with Gasteiger partial charge in [0.2, 0.25) is 0 Å². The fourth-order valence-electron chi connectivity index (χ4n) is 2.70. The Labute approximate surface area is 177 Å². The van der Waals surface area contributed by atoms with Gasteiger partial charge in [0.05, 0.1) is 21.0 Å². The molecule has 144 valence electrons. The number of nitriles is 1. The molecule has 29 heavy (non-hydrogen) atoms. The van der Waals surface area contributed by atoms with E-state index in [-0.39, 0.29) is 5.69 Å². The summed E-state index contributed by atoms with van der Waals surface area (Å²) in [5.41, 5.74) is 3.84. The van der Waals surface area contributed by atoms with E-state index in [0.29, 0.717) is 23.5 Å². The zero-order valence-corrected chi connectivity index (χ0v) is 17.2. The van der Waals surface area contributed by atoms with Crippen LogP contribution >= 0.6 is 15.9 Å². The summed E-state index contributed by atoms with van der Waals surface area (Å²) in [5, 5.41) is 20.5. The highest BCUT2D eigenvalue weighted by molar-refractivity contribution is 9.10. The summed E-state index contributed by atoms with van der Waals surface area (Å²) < 4.78 is 6.63. The number of nitrogens with zero attached hydrogens (tertiary/aromatic N) is 2. The molecule has 0 saturated heterocycles. The second-order valence-corrected chi connectivity index (χ2v) is 7.30. The summed E-state index contributed by atoms with van der Waals surface area (Å²) in [6.07, 6.45) is 1.69. The van der Waals surface area contributed by atoms with E-state index in [2.05, 4.69) is 22.0 Å². The van der Waals surface area contributed by atoms with Gasteiger partial charge in [-0.15, -0.1) is 0 Å². The summed E-state index contributed by atoms with van der Waals surface area (Å²) in [6, 6.07) is 21.8. The van der Waals surface area contributed by atoms with Crippen LogP contribution in [-0.4, -0.2) is 4.92 Å². The van der Waals surface area contributed by atoms with Crippen molar-refractivity contribution in [1.29, 1.82) is 5.26 Å². The van der Waals surface area contributed by atoms with E-state index < -0.39 is 4.92 Å². The Morgan fingerprint density at radius 1 is 1.17 bits per heavy atom. The molecule has 0 heterocycles. The lowest BCUT2D eigenvalue weighted by molar-refractivity contribution is -0.384. The minimum absolute atomic E-state index is 0.0512. The lowest BCUT2D eigenvalue weighted by atomic mass is 10.0. The maximum Gasteiger partial charge on any atom is 0.270 e. The summed E-state index contributed by atoms with van der Waals surface area (Å²) >= 11 is 3.50. The standard InChI is InChI=1S/C23H17BrN2O3/c1-16-5-7-17(8-6-16)15-29-23-10-9-18(12-22(23)24)11-20(14-25)19-3-2-4-21(13-19)26(27)28/h2-13H,15H2,1H3/b20-11-. The summed E-state index contributed by atoms with van der Waals surface area (Å²) in [6.45, 7) is 2.49. The predicted molar refractivity (Wildman–Crippen MR) is 116 cm³/mol. The van der Waals surface area contributed by atoms with Crippen LogP contribution in [0.2, 0.25) is 0 Å². The van der Waals surface area contributed by atoms with Crippen LogP contribution in [0.5, 0.6) is 5.75 Å². The maximum atomic E-state index is 11.0. The number of ether oxygens (including phenoxy) is 1. The fraction of sp³-hybridized carbons (Fsp3) is 0.0870. The third kappa shape index (κ3) is 5.31. The molecule has 5 nitrogen and oxygen atoms in total. The fourth-order valence-corrected chi connectivity index (χ4v) is 3.21. The Morgan fingerprint density at radius 3 is 2.59 bits per heavy atom. The van der Waals surface area contributed by atoms with E-state index in [1.54, 1.807) is 18.2 Å². The van der Waals surface area contributed by atoms with Crippen molar-refractivity contribution in [2.75, 3.05) is 0 Å². The van der Waals surface area contributed by atoms with E-state index in [4.69, 9.17) is 4.74 Å². The number of hydrogen-bond acceptors (Lipinski definition) is 4. The van der Waals surface area contributed by atoms with E-state index in [1.807, 2.05) is 49.4 Å². The largest absolute Gasteiger partial charge is 0.488 e. The molecule has 0 aliphatic carbocycles. The number of allylic oxidation sites excluding steroid dienone is 1. The van der Waals surface area contributed by atoms with Crippen LogP contribution in [-0.2, 0) is 6.61 Å². The predicted octanol–water partition coefficient (Wildman–Crippen LogP) is 6.31. The van der Waals surface area contributed by atoms with E-state index in [1.165, 1.54) is 17.7 Å². The molecule has 0 radical (unpaired) electrons. The van der Waals surface area contributed by atoms with Gasteiger partial charge in [-0.1, -0.05) is 48.0 Å². The molecule has 3 aromatic carbocycles. The average molecular weight is 449 g/mol. The van der Waals surface area contributed by atoms with Gasteiger partial charge < -0.3 is 4.74 Å². The monoisotopic (exact) mass is 448 g/mol. The number of hydrogen-bond donors (Lipinski definition) is 0. The first-order valence-corrected chi connectivity index (χ1v) is 9.60. The summed E-state index contributed by atoms with van der Waals surface area (Å²) in [7, 11) is 0. The SMILES string of the molecule is Cc1ccc(COc2ccc(/C=C(/C#N)c3cccc([N+](=O)[O-])c3)cc2Br)cc1. The number of aryl methyl sites for hydroxylation is 1. The minimum atomic E-state index is -0.477. The Bertz CT molecular complexity index is 1120. The second-order valence-electron chi connectivity index (χ2n) is 6.44. The van der Waals surface area contributed by atoms with Crippen LogP contribution in [0.4, 0.5) is 5.69 Å². The molecule has 0 spiro atoms. The van der Waals surface area contributed by atoms with Gasteiger partial charge in [0, 0.05) is 12.1 Å². The lowest BCUT2D eigenvalue weighted by Crippen LogP contribution is -1.96. The minimum Gasteiger partial charge on any atom is -0.488 e. The molecule has 0 N–H and O–H groups in total. The van der Waals surface area contributed by atoms with Crippen LogP contribution < -0.4 is 4.74 Å².